The van der Waals surface area contributed by atoms with Crippen LogP contribution in [0.15, 0.2) is 30.3 Å². The Morgan fingerprint density at radius 2 is 2.05 bits per heavy atom. The summed E-state index contributed by atoms with van der Waals surface area (Å²) in [6, 6.07) is 10.2. The van der Waals surface area contributed by atoms with Crippen molar-refractivity contribution in [2.45, 2.75) is 38.0 Å². The van der Waals surface area contributed by atoms with Gasteiger partial charge in [-0.15, -0.1) is 0 Å². The summed E-state index contributed by atoms with van der Waals surface area (Å²) in [7, 11) is 0. The van der Waals surface area contributed by atoms with Gasteiger partial charge in [0.05, 0.1) is 5.41 Å². The van der Waals surface area contributed by atoms with Crippen molar-refractivity contribution in [2.24, 2.45) is 5.92 Å². The summed E-state index contributed by atoms with van der Waals surface area (Å²) in [5, 5.41) is 4.15. The third kappa shape index (κ3) is 3.59. The van der Waals surface area contributed by atoms with E-state index in [1.807, 2.05) is 18.2 Å². The molecule has 1 aliphatic rings. The quantitative estimate of drug-likeness (QED) is 0.602. The van der Waals surface area contributed by atoms with Crippen LogP contribution in [0, 0.1) is 5.92 Å². The normalized spacial score (nSPS) is 17.8. The molecule has 2 rings (SSSR count). The zero-order chi connectivity index (χ0) is 13.7. The predicted octanol–water partition coefficient (Wildman–Crippen LogP) is 3.65. The van der Waals surface area contributed by atoms with Gasteiger partial charge in [0.25, 0.3) is 0 Å². The number of alkyl halides is 1. The maximum absolute atomic E-state index is 12.3. The first-order valence-corrected chi connectivity index (χ1v) is 8.21. The molecular weight excluding hydrogens is 302 g/mol. The van der Waals surface area contributed by atoms with Gasteiger partial charge in [-0.3, -0.25) is 4.79 Å². The van der Waals surface area contributed by atoms with Crippen LogP contribution in [0.3, 0.4) is 0 Å². The predicted molar refractivity (Wildman–Crippen MR) is 82.6 cm³/mol. The summed E-state index contributed by atoms with van der Waals surface area (Å²) in [5.74, 6) is 0.895. The molecule has 1 aromatic carbocycles. The van der Waals surface area contributed by atoms with E-state index < -0.39 is 0 Å². The summed E-state index contributed by atoms with van der Waals surface area (Å²) in [6.45, 7) is 3.02. The number of carbonyl (C=O) groups excluding carboxylic acids is 1. The first-order chi connectivity index (χ1) is 9.19. The van der Waals surface area contributed by atoms with Crippen molar-refractivity contribution in [3.8, 4) is 0 Å². The van der Waals surface area contributed by atoms with E-state index >= 15 is 0 Å². The van der Waals surface area contributed by atoms with Crippen molar-refractivity contribution in [3.63, 3.8) is 0 Å². The Kier molecular flexibility index (Phi) is 5.03. The number of amides is 1. The zero-order valence-electron chi connectivity index (χ0n) is 11.5. The molecule has 0 heterocycles. The third-order valence-corrected chi connectivity index (χ3v) is 5.04. The molecule has 0 aliphatic heterocycles. The number of benzene rings is 1. The SMILES string of the molecule is CC(CBr)CCCNC(=O)C1(c2ccccc2)CC1. The van der Waals surface area contributed by atoms with Crippen LogP contribution >= 0.6 is 15.9 Å². The molecule has 0 bridgehead atoms. The lowest BCUT2D eigenvalue weighted by Crippen LogP contribution is -2.35. The van der Waals surface area contributed by atoms with Crippen molar-refractivity contribution in [3.05, 3.63) is 35.9 Å². The van der Waals surface area contributed by atoms with E-state index in [0.717, 1.165) is 37.6 Å². The van der Waals surface area contributed by atoms with Crippen molar-refractivity contribution >= 4 is 21.8 Å². The number of rotatable bonds is 7. The highest BCUT2D eigenvalue weighted by atomic mass is 79.9. The van der Waals surface area contributed by atoms with Crippen LogP contribution in [0.2, 0.25) is 0 Å². The monoisotopic (exact) mass is 323 g/mol. The van der Waals surface area contributed by atoms with Crippen LogP contribution < -0.4 is 5.32 Å². The minimum atomic E-state index is -0.220. The van der Waals surface area contributed by atoms with Crippen LogP contribution in [0.4, 0.5) is 0 Å². The van der Waals surface area contributed by atoms with Gasteiger partial charge in [0.2, 0.25) is 5.91 Å². The minimum absolute atomic E-state index is 0.213. The van der Waals surface area contributed by atoms with Gasteiger partial charge in [0.15, 0.2) is 0 Å². The zero-order valence-corrected chi connectivity index (χ0v) is 13.1. The number of hydrogen-bond donors (Lipinski definition) is 1. The molecule has 104 valence electrons. The molecule has 0 spiro atoms. The van der Waals surface area contributed by atoms with E-state index in [-0.39, 0.29) is 11.3 Å². The van der Waals surface area contributed by atoms with Gasteiger partial charge in [-0.05, 0) is 37.2 Å². The molecule has 1 fully saturated rings. The standard InChI is InChI=1S/C16H22BrNO/c1-13(12-17)6-5-11-18-15(19)16(9-10-16)14-7-3-2-4-8-14/h2-4,7-8,13H,5-6,9-12H2,1H3,(H,18,19). The molecule has 2 nitrogen and oxygen atoms in total. The number of hydrogen-bond acceptors (Lipinski definition) is 1. The maximum Gasteiger partial charge on any atom is 0.230 e. The summed E-state index contributed by atoms with van der Waals surface area (Å²) in [4.78, 5) is 12.3. The second kappa shape index (κ2) is 6.56. The van der Waals surface area contributed by atoms with Gasteiger partial charge in [-0.2, -0.15) is 0 Å². The molecule has 0 aromatic heterocycles. The minimum Gasteiger partial charge on any atom is -0.355 e. The number of carbonyl (C=O) groups is 1. The maximum atomic E-state index is 12.3. The lowest BCUT2D eigenvalue weighted by atomic mass is 9.95. The topological polar surface area (TPSA) is 29.1 Å². The highest BCUT2D eigenvalue weighted by molar-refractivity contribution is 9.09. The lowest BCUT2D eigenvalue weighted by Gasteiger charge is -2.16. The number of nitrogens with one attached hydrogen (secondary N) is 1. The molecule has 1 aliphatic carbocycles. The Morgan fingerprint density at radius 1 is 1.37 bits per heavy atom. The van der Waals surface area contributed by atoms with E-state index in [4.69, 9.17) is 0 Å². The first kappa shape index (κ1) is 14.6. The van der Waals surface area contributed by atoms with Gasteiger partial charge in [0, 0.05) is 11.9 Å². The summed E-state index contributed by atoms with van der Waals surface area (Å²) < 4.78 is 0. The second-order valence-electron chi connectivity index (χ2n) is 5.61. The Balaban J connectivity index is 1.81. The van der Waals surface area contributed by atoms with Crippen molar-refractivity contribution in [1.82, 2.24) is 5.32 Å². The van der Waals surface area contributed by atoms with Crippen LogP contribution in [0.1, 0.15) is 38.2 Å². The molecule has 19 heavy (non-hydrogen) atoms. The smallest absolute Gasteiger partial charge is 0.230 e. The van der Waals surface area contributed by atoms with E-state index in [1.54, 1.807) is 0 Å². The molecule has 1 aromatic rings. The second-order valence-corrected chi connectivity index (χ2v) is 6.25. The molecule has 1 atom stereocenters. The van der Waals surface area contributed by atoms with Gasteiger partial charge >= 0.3 is 0 Å². The van der Waals surface area contributed by atoms with Gasteiger partial charge in [-0.1, -0.05) is 53.2 Å². The van der Waals surface area contributed by atoms with E-state index in [0.29, 0.717) is 5.92 Å². The van der Waals surface area contributed by atoms with E-state index in [9.17, 15) is 4.79 Å². The largest absolute Gasteiger partial charge is 0.355 e. The fourth-order valence-corrected chi connectivity index (χ4v) is 2.75. The molecule has 1 unspecified atom stereocenters. The Bertz CT molecular complexity index is 414. The third-order valence-electron chi connectivity index (χ3n) is 3.93. The van der Waals surface area contributed by atoms with Gasteiger partial charge < -0.3 is 5.32 Å². The van der Waals surface area contributed by atoms with Crippen LogP contribution in [-0.2, 0) is 10.2 Å². The average Bonchev–Trinajstić information content (AvgIpc) is 3.25. The van der Waals surface area contributed by atoms with E-state index in [1.165, 1.54) is 5.56 Å². The van der Waals surface area contributed by atoms with Crippen LogP contribution in [0.5, 0.6) is 0 Å². The number of halogens is 1. The summed E-state index contributed by atoms with van der Waals surface area (Å²) in [6.07, 6.45) is 4.19. The molecule has 1 N–H and O–H groups in total. The van der Waals surface area contributed by atoms with Crippen molar-refractivity contribution < 1.29 is 4.79 Å². The first-order valence-electron chi connectivity index (χ1n) is 7.09. The lowest BCUT2D eigenvalue weighted by molar-refractivity contribution is -0.123. The highest BCUT2D eigenvalue weighted by Gasteiger charge is 2.50. The summed E-state index contributed by atoms with van der Waals surface area (Å²) >= 11 is 3.48. The Labute approximate surface area is 124 Å². The summed E-state index contributed by atoms with van der Waals surface area (Å²) in [5.41, 5.74) is 0.948. The highest BCUT2D eigenvalue weighted by Crippen LogP contribution is 2.48. The fraction of sp³-hybridized carbons (Fsp3) is 0.562. The van der Waals surface area contributed by atoms with Crippen molar-refractivity contribution in [1.29, 1.82) is 0 Å². The van der Waals surface area contributed by atoms with Gasteiger partial charge in [-0.25, -0.2) is 0 Å². The van der Waals surface area contributed by atoms with Crippen LogP contribution in [0.25, 0.3) is 0 Å². The molecule has 0 saturated heterocycles. The fourth-order valence-electron chi connectivity index (χ4n) is 2.43. The average molecular weight is 324 g/mol. The molecule has 1 saturated carbocycles. The van der Waals surface area contributed by atoms with Crippen LogP contribution in [-0.4, -0.2) is 17.8 Å². The van der Waals surface area contributed by atoms with E-state index in [2.05, 4.69) is 40.3 Å². The molecular formula is C16H22BrNO. The molecule has 3 heteroatoms. The Morgan fingerprint density at radius 3 is 2.63 bits per heavy atom. The van der Waals surface area contributed by atoms with Gasteiger partial charge in [0.1, 0.15) is 0 Å². The van der Waals surface area contributed by atoms with Crippen molar-refractivity contribution in [2.75, 3.05) is 11.9 Å². The molecule has 1 amide bonds. The molecule has 0 radical (unpaired) electrons. The Hall–Kier alpha value is -0.830.